The summed E-state index contributed by atoms with van der Waals surface area (Å²) < 4.78 is 6.74. The van der Waals surface area contributed by atoms with Gasteiger partial charge in [-0.2, -0.15) is 0 Å². The van der Waals surface area contributed by atoms with Crippen molar-refractivity contribution in [2.45, 2.75) is 13.1 Å². The van der Waals surface area contributed by atoms with Gasteiger partial charge in [-0.3, -0.25) is 9.59 Å². The van der Waals surface area contributed by atoms with E-state index < -0.39 is 0 Å². The molecule has 0 fully saturated rings. The number of carbonyl (C=O) groups is 1. The first kappa shape index (κ1) is 17.0. The molecule has 0 atom stereocenters. The Kier molecular flexibility index (Phi) is 5.05. The zero-order chi connectivity index (χ0) is 17.8. The highest BCUT2D eigenvalue weighted by molar-refractivity contribution is 6.31. The number of amides is 1. The molecule has 0 aliphatic carbocycles. The summed E-state index contributed by atoms with van der Waals surface area (Å²) in [5, 5.41) is 0.584. The van der Waals surface area contributed by atoms with Crippen LogP contribution in [-0.2, 0) is 13.1 Å². The van der Waals surface area contributed by atoms with Gasteiger partial charge < -0.3 is 13.9 Å². The fraction of sp³-hybridized carbons (Fsp3) is 0.158. The van der Waals surface area contributed by atoms with E-state index in [0.717, 1.165) is 5.56 Å². The molecule has 0 radical (unpaired) electrons. The number of rotatable bonds is 5. The zero-order valence-corrected chi connectivity index (χ0v) is 14.4. The Bertz CT molecular complexity index is 932. The van der Waals surface area contributed by atoms with Gasteiger partial charge >= 0.3 is 0 Å². The number of carbonyl (C=O) groups excluding carboxylic acids is 1. The lowest BCUT2D eigenvalue weighted by Gasteiger charge is -2.16. The van der Waals surface area contributed by atoms with Gasteiger partial charge in [-0.05, 0) is 29.8 Å². The van der Waals surface area contributed by atoms with E-state index in [1.54, 1.807) is 36.5 Å². The Hall–Kier alpha value is -2.79. The Morgan fingerprint density at radius 1 is 1.16 bits per heavy atom. The summed E-state index contributed by atoms with van der Waals surface area (Å²) in [4.78, 5) is 26.3. The summed E-state index contributed by atoms with van der Waals surface area (Å²) in [6, 6.07) is 13.8. The molecule has 2 aromatic heterocycles. The highest BCUT2D eigenvalue weighted by Gasteiger charge is 2.14. The number of benzene rings is 1. The van der Waals surface area contributed by atoms with Gasteiger partial charge in [0.25, 0.3) is 11.5 Å². The second-order valence-corrected chi connectivity index (χ2v) is 6.12. The molecule has 0 saturated heterocycles. The van der Waals surface area contributed by atoms with Crippen LogP contribution in [0.25, 0.3) is 0 Å². The third kappa shape index (κ3) is 4.00. The van der Waals surface area contributed by atoms with Crippen LogP contribution in [-0.4, -0.2) is 22.4 Å². The molecule has 1 aromatic carbocycles. The maximum atomic E-state index is 12.6. The van der Waals surface area contributed by atoms with Crippen molar-refractivity contribution in [3.05, 3.63) is 93.3 Å². The van der Waals surface area contributed by atoms with Crippen LogP contribution in [0.5, 0.6) is 0 Å². The number of furan rings is 1. The van der Waals surface area contributed by atoms with E-state index in [0.29, 0.717) is 29.4 Å². The Balaban J connectivity index is 1.82. The van der Waals surface area contributed by atoms with Crippen molar-refractivity contribution in [2.75, 3.05) is 7.05 Å². The van der Waals surface area contributed by atoms with Crippen molar-refractivity contribution in [3.8, 4) is 0 Å². The Labute approximate surface area is 150 Å². The Morgan fingerprint density at radius 3 is 2.68 bits per heavy atom. The van der Waals surface area contributed by atoms with Crippen molar-refractivity contribution < 1.29 is 9.21 Å². The number of halogens is 1. The lowest BCUT2D eigenvalue weighted by molar-refractivity contribution is 0.0774. The van der Waals surface area contributed by atoms with E-state index in [1.807, 2.05) is 24.3 Å². The number of pyridine rings is 1. The predicted molar refractivity (Wildman–Crippen MR) is 95.8 cm³/mol. The van der Waals surface area contributed by atoms with Gasteiger partial charge in [-0.25, -0.2) is 0 Å². The highest BCUT2D eigenvalue weighted by atomic mass is 35.5. The monoisotopic (exact) mass is 356 g/mol. The Morgan fingerprint density at radius 2 is 1.96 bits per heavy atom. The van der Waals surface area contributed by atoms with E-state index >= 15 is 0 Å². The van der Waals surface area contributed by atoms with Crippen LogP contribution in [0.2, 0.25) is 5.02 Å². The number of hydrogen-bond acceptors (Lipinski definition) is 3. The minimum Gasteiger partial charge on any atom is -0.467 e. The SMILES string of the molecule is CN(Cc1ccco1)C(=O)c1ccc(=O)n(Cc2ccccc2Cl)c1. The lowest BCUT2D eigenvalue weighted by Crippen LogP contribution is -2.28. The molecule has 3 rings (SSSR count). The van der Waals surface area contributed by atoms with Gasteiger partial charge in [-0.1, -0.05) is 29.8 Å². The average Bonchev–Trinajstić information content (AvgIpc) is 3.11. The molecule has 0 bridgehead atoms. The van der Waals surface area contributed by atoms with Gasteiger partial charge in [0.2, 0.25) is 0 Å². The summed E-state index contributed by atoms with van der Waals surface area (Å²) in [5.41, 5.74) is 1.06. The fourth-order valence-corrected chi connectivity index (χ4v) is 2.72. The standard InChI is InChI=1S/C19H17ClN2O3/c1-21(13-16-6-4-10-25-16)19(24)15-8-9-18(23)22(12-15)11-14-5-2-3-7-17(14)20/h2-10,12H,11,13H2,1H3. The van der Waals surface area contributed by atoms with Crippen LogP contribution in [0.1, 0.15) is 21.7 Å². The zero-order valence-electron chi connectivity index (χ0n) is 13.7. The van der Waals surface area contributed by atoms with Crippen molar-refractivity contribution >= 4 is 17.5 Å². The molecule has 2 heterocycles. The molecule has 5 nitrogen and oxygen atoms in total. The molecule has 3 aromatic rings. The van der Waals surface area contributed by atoms with Crippen LogP contribution in [0, 0.1) is 0 Å². The average molecular weight is 357 g/mol. The first-order valence-electron chi connectivity index (χ1n) is 7.76. The van der Waals surface area contributed by atoms with Gasteiger partial charge in [0.15, 0.2) is 0 Å². The highest BCUT2D eigenvalue weighted by Crippen LogP contribution is 2.16. The molecular weight excluding hydrogens is 340 g/mol. The van der Waals surface area contributed by atoms with Crippen molar-refractivity contribution in [2.24, 2.45) is 0 Å². The molecular formula is C19H17ClN2O3. The van der Waals surface area contributed by atoms with Crippen LogP contribution >= 0.6 is 11.6 Å². The third-order valence-electron chi connectivity index (χ3n) is 3.85. The lowest BCUT2D eigenvalue weighted by atomic mass is 10.2. The smallest absolute Gasteiger partial charge is 0.255 e. The van der Waals surface area contributed by atoms with Gasteiger partial charge in [-0.15, -0.1) is 0 Å². The topological polar surface area (TPSA) is 55.5 Å². The van der Waals surface area contributed by atoms with Crippen molar-refractivity contribution in [1.29, 1.82) is 0 Å². The molecule has 0 N–H and O–H groups in total. The second-order valence-electron chi connectivity index (χ2n) is 5.72. The molecule has 0 spiro atoms. The summed E-state index contributed by atoms with van der Waals surface area (Å²) in [6.45, 7) is 0.664. The van der Waals surface area contributed by atoms with Crippen LogP contribution in [0.15, 0.2) is 70.2 Å². The molecule has 1 amide bonds. The van der Waals surface area contributed by atoms with Crippen molar-refractivity contribution in [3.63, 3.8) is 0 Å². The van der Waals surface area contributed by atoms with Gasteiger partial charge in [0, 0.05) is 24.3 Å². The molecule has 0 unspecified atom stereocenters. The predicted octanol–water partition coefficient (Wildman–Crippen LogP) is 3.42. The normalized spacial score (nSPS) is 10.6. The van der Waals surface area contributed by atoms with Crippen LogP contribution in [0.4, 0.5) is 0 Å². The summed E-state index contributed by atoms with van der Waals surface area (Å²) in [5.74, 6) is 0.504. The van der Waals surface area contributed by atoms with E-state index in [4.69, 9.17) is 16.0 Å². The van der Waals surface area contributed by atoms with E-state index in [1.165, 1.54) is 16.7 Å². The first-order chi connectivity index (χ1) is 12.0. The number of hydrogen-bond donors (Lipinski definition) is 0. The summed E-state index contributed by atoms with van der Waals surface area (Å²) >= 11 is 6.16. The number of nitrogens with zero attached hydrogens (tertiary/aromatic N) is 2. The maximum absolute atomic E-state index is 12.6. The second kappa shape index (κ2) is 7.40. The first-order valence-corrected chi connectivity index (χ1v) is 8.14. The molecule has 0 saturated carbocycles. The maximum Gasteiger partial charge on any atom is 0.255 e. The van der Waals surface area contributed by atoms with E-state index in [2.05, 4.69) is 0 Å². The fourth-order valence-electron chi connectivity index (χ4n) is 2.52. The summed E-state index contributed by atoms with van der Waals surface area (Å²) in [7, 11) is 1.69. The van der Waals surface area contributed by atoms with Gasteiger partial charge in [0.05, 0.1) is 24.9 Å². The minimum absolute atomic E-state index is 0.190. The van der Waals surface area contributed by atoms with E-state index in [-0.39, 0.29) is 11.5 Å². The van der Waals surface area contributed by atoms with Crippen LogP contribution < -0.4 is 5.56 Å². The molecule has 0 aliphatic heterocycles. The minimum atomic E-state index is -0.190. The largest absolute Gasteiger partial charge is 0.467 e. The molecule has 6 heteroatoms. The summed E-state index contributed by atoms with van der Waals surface area (Å²) in [6.07, 6.45) is 3.13. The van der Waals surface area contributed by atoms with Crippen LogP contribution in [0.3, 0.4) is 0 Å². The quantitative estimate of drug-likeness (QED) is 0.704. The molecule has 0 aliphatic rings. The van der Waals surface area contributed by atoms with Crippen molar-refractivity contribution in [1.82, 2.24) is 9.47 Å². The van der Waals surface area contributed by atoms with E-state index in [9.17, 15) is 9.59 Å². The third-order valence-corrected chi connectivity index (χ3v) is 4.22. The molecule has 128 valence electrons. The number of aromatic nitrogens is 1. The molecule has 25 heavy (non-hydrogen) atoms. The van der Waals surface area contributed by atoms with Gasteiger partial charge in [0.1, 0.15) is 5.76 Å².